The third kappa shape index (κ3) is 2.75. The van der Waals surface area contributed by atoms with Crippen LogP contribution in [0.3, 0.4) is 0 Å². The molecule has 1 heterocycles. The van der Waals surface area contributed by atoms with E-state index in [-0.39, 0.29) is 0 Å². The fraction of sp³-hybridized carbons (Fsp3) is 0.778. The molecule has 1 aliphatic rings. The molecule has 88 valence electrons. The molecular weight excluding hydrogens is 202 g/mol. The maximum atomic E-state index is 9.53. The first kappa shape index (κ1) is 12.6. The average Bonchev–Trinajstić information content (AvgIpc) is 2.25. The molecule has 15 heavy (non-hydrogen) atoms. The lowest BCUT2D eigenvalue weighted by atomic mass is 9.98. The molecule has 1 aliphatic heterocycles. The summed E-state index contributed by atoms with van der Waals surface area (Å²) < 4.78 is 5.16. The first-order chi connectivity index (χ1) is 7.11. The molecule has 6 heteroatoms. The maximum Gasteiger partial charge on any atom is 0.137 e. The Morgan fingerprint density at radius 2 is 1.87 bits per heavy atom. The van der Waals surface area contributed by atoms with Gasteiger partial charge < -0.3 is 25.2 Å². The third-order valence-electron chi connectivity index (χ3n) is 2.36. The van der Waals surface area contributed by atoms with Crippen molar-refractivity contribution in [1.29, 1.82) is 0 Å². The summed E-state index contributed by atoms with van der Waals surface area (Å²) in [5.74, 6) is 0. The highest BCUT2D eigenvalue weighted by Gasteiger charge is 2.42. The Hall–Kier alpha value is -0.500. The Morgan fingerprint density at radius 3 is 2.40 bits per heavy atom. The molecule has 0 aromatic carbocycles. The minimum atomic E-state index is -1.33. The highest BCUT2D eigenvalue weighted by atomic mass is 16.6. The van der Waals surface area contributed by atoms with Gasteiger partial charge >= 0.3 is 0 Å². The highest BCUT2D eigenvalue weighted by Crippen LogP contribution is 2.19. The summed E-state index contributed by atoms with van der Waals surface area (Å²) >= 11 is 0. The number of hydrogen-bond acceptors (Lipinski definition) is 6. The molecule has 0 aromatic heterocycles. The van der Waals surface area contributed by atoms with Crippen molar-refractivity contribution in [3.05, 3.63) is 12.7 Å². The first-order valence-electron chi connectivity index (χ1n) is 4.76. The fourth-order valence-electron chi connectivity index (χ4n) is 1.47. The van der Waals surface area contributed by atoms with Crippen molar-refractivity contribution < 1.29 is 25.2 Å². The second kappa shape index (κ2) is 5.55. The van der Waals surface area contributed by atoms with Crippen molar-refractivity contribution in [2.24, 2.45) is 0 Å². The standard InChI is InChI=1S/C9H17NO5/c1-2-3-10-9-8(14)7(13)6(12)5(4-11)15-9/h2,5-14H,1,3-4H2/t5-,6-,7+,8-,9+/m1/s1. The van der Waals surface area contributed by atoms with Crippen molar-refractivity contribution in [2.75, 3.05) is 13.2 Å². The van der Waals surface area contributed by atoms with E-state index in [0.29, 0.717) is 6.54 Å². The molecule has 1 saturated heterocycles. The minimum absolute atomic E-state index is 0.392. The van der Waals surface area contributed by atoms with Crippen LogP contribution >= 0.6 is 0 Å². The Kier molecular flexibility index (Phi) is 4.65. The Bertz CT molecular complexity index is 211. The third-order valence-corrected chi connectivity index (χ3v) is 2.36. The molecule has 1 rings (SSSR count). The van der Waals surface area contributed by atoms with Crippen molar-refractivity contribution in [3.63, 3.8) is 0 Å². The number of aliphatic hydroxyl groups excluding tert-OH is 4. The predicted molar refractivity (Wildman–Crippen MR) is 52.0 cm³/mol. The summed E-state index contributed by atoms with van der Waals surface area (Å²) in [5, 5.41) is 40.0. The van der Waals surface area contributed by atoms with Crippen LogP contribution < -0.4 is 5.32 Å². The van der Waals surface area contributed by atoms with Gasteiger partial charge in [0.15, 0.2) is 0 Å². The van der Waals surface area contributed by atoms with E-state index < -0.39 is 37.3 Å². The quantitative estimate of drug-likeness (QED) is 0.337. The minimum Gasteiger partial charge on any atom is -0.394 e. The summed E-state index contributed by atoms with van der Waals surface area (Å²) in [6.45, 7) is 3.45. The summed E-state index contributed by atoms with van der Waals surface area (Å²) in [5.41, 5.74) is 0. The van der Waals surface area contributed by atoms with Crippen molar-refractivity contribution in [2.45, 2.75) is 30.6 Å². The summed E-state index contributed by atoms with van der Waals surface area (Å²) in [6, 6.07) is 0. The van der Waals surface area contributed by atoms with Gasteiger partial charge in [0.1, 0.15) is 30.6 Å². The second-order valence-corrected chi connectivity index (χ2v) is 3.45. The zero-order chi connectivity index (χ0) is 11.4. The summed E-state index contributed by atoms with van der Waals surface area (Å²) in [6.07, 6.45) is -4.00. The van der Waals surface area contributed by atoms with E-state index in [9.17, 15) is 15.3 Å². The molecule has 5 atom stereocenters. The number of aliphatic hydroxyl groups is 4. The lowest BCUT2D eigenvalue weighted by Crippen LogP contribution is -2.62. The van der Waals surface area contributed by atoms with E-state index >= 15 is 0 Å². The molecule has 5 N–H and O–H groups in total. The van der Waals surface area contributed by atoms with Gasteiger partial charge in [0, 0.05) is 6.54 Å². The van der Waals surface area contributed by atoms with Crippen LogP contribution in [-0.4, -0.2) is 64.2 Å². The Balaban J connectivity index is 2.60. The molecule has 0 amide bonds. The average molecular weight is 219 g/mol. The number of hydrogen-bond donors (Lipinski definition) is 5. The zero-order valence-corrected chi connectivity index (χ0v) is 8.28. The molecule has 0 aliphatic carbocycles. The first-order valence-corrected chi connectivity index (χ1v) is 4.76. The second-order valence-electron chi connectivity index (χ2n) is 3.45. The normalized spacial score (nSPS) is 41.5. The SMILES string of the molecule is C=CCN[C@H]1O[C@H](CO)[C@@H](O)[C@H](O)[C@H]1O. The molecule has 6 nitrogen and oxygen atoms in total. The van der Waals surface area contributed by atoms with Gasteiger partial charge in [-0.15, -0.1) is 6.58 Å². The van der Waals surface area contributed by atoms with Gasteiger partial charge in [-0.3, -0.25) is 5.32 Å². The van der Waals surface area contributed by atoms with Gasteiger partial charge in [-0.25, -0.2) is 0 Å². The zero-order valence-electron chi connectivity index (χ0n) is 8.28. The lowest BCUT2D eigenvalue weighted by Gasteiger charge is -2.40. The van der Waals surface area contributed by atoms with Crippen LogP contribution in [0.5, 0.6) is 0 Å². The van der Waals surface area contributed by atoms with E-state index in [2.05, 4.69) is 11.9 Å². The van der Waals surface area contributed by atoms with Gasteiger partial charge in [0.05, 0.1) is 6.61 Å². The molecule has 0 spiro atoms. The lowest BCUT2D eigenvalue weighted by molar-refractivity contribution is -0.235. The van der Waals surface area contributed by atoms with E-state index in [1.807, 2.05) is 0 Å². The van der Waals surface area contributed by atoms with Gasteiger partial charge in [0.25, 0.3) is 0 Å². The predicted octanol–water partition coefficient (Wildman–Crippen LogP) is -2.44. The molecule has 0 radical (unpaired) electrons. The number of nitrogens with one attached hydrogen (secondary N) is 1. The monoisotopic (exact) mass is 219 g/mol. The number of rotatable bonds is 4. The van der Waals surface area contributed by atoms with Crippen LogP contribution in [0, 0.1) is 0 Å². The molecule has 0 saturated carbocycles. The highest BCUT2D eigenvalue weighted by molar-refractivity contribution is 4.91. The Labute approximate surface area is 87.8 Å². The Morgan fingerprint density at radius 1 is 1.20 bits per heavy atom. The van der Waals surface area contributed by atoms with Crippen LogP contribution in [0.2, 0.25) is 0 Å². The topological polar surface area (TPSA) is 102 Å². The smallest absolute Gasteiger partial charge is 0.137 e. The van der Waals surface area contributed by atoms with Gasteiger partial charge in [-0.2, -0.15) is 0 Å². The van der Waals surface area contributed by atoms with Crippen LogP contribution in [0.25, 0.3) is 0 Å². The van der Waals surface area contributed by atoms with E-state index in [4.69, 9.17) is 9.84 Å². The summed E-state index contributed by atoms with van der Waals surface area (Å²) in [7, 11) is 0. The van der Waals surface area contributed by atoms with Crippen LogP contribution in [0.15, 0.2) is 12.7 Å². The fourth-order valence-corrected chi connectivity index (χ4v) is 1.47. The molecule has 0 unspecified atom stereocenters. The largest absolute Gasteiger partial charge is 0.394 e. The van der Waals surface area contributed by atoms with Crippen LogP contribution in [-0.2, 0) is 4.74 Å². The molecule has 1 fully saturated rings. The van der Waals surface area contributed by atoms with Crippen molar-refractivity contribution >= 4 is 0 Å². The van der Waals surface area contributed by atoms with Crippen molar-refractivity contribution in [1.82, 2.24) is 5.32 Å². The van der Waals surface area contributed by atoms with Gasteiger partial charge in [-0.1, -0.05) is 6.08 Å². The molecular formula is C9H17NO5. The van der Waals surface area contributed by atoms with Crippen LogP contribution in [0.1, 0.15) is 0 Å². The van der Waals surface area contributed by atoms with E-state index in [1.54, 1.807) is 6.08 Å². The van der Waals surface area contributed by atoms with Crippen LogP contribution in [0.4, 0.5) is 0 Å². The van der Waals surface area contributed by atoms with Crippen molar-refractivity contribution in [3.8, 4) is 0 Å². The van der Waals surface area contributed by atoms with Gasteiger partial charge in [0.2, 0.25) is 0 Å². The number of ether oxygens (including phenoxy) is 1. The van der Waals surface area contributed by atoms with E-state index in [0.717, 1.165) is 0 Å². The summed E-state index contributed by atoms with van der Waals surface area (Å²) in [4.78, 5) is 0. The van der Waals surface area contributed by atoms with E-state index in [1.165, 1.54) is 0 Å². The molecule has 0 aromatic rings. The van der Waals surface area contributed by atoms with Gasteiger partial charge in [-0.05, 0) is 0 Å². The maximum absolute atomic E-state index is 9.53. The molecule has 0 bridgehead atoms.